The van der Waals surface area contributed by atoms with E-state index in [2.05, 4.69) is 10.0 Å². The summed E-state index contributed by atoms with van der Waals surface area (Å²) < 4.78 is 25.7. The van der Waals surface area contributed by atoms with Crippen molar-refractivity contribution in [2.45, 2.75) is 12.8 Å². The van der Waals surface area contributed by atoms with Gasteiger partial charge < -0.3 is 10.4 Å². The minimum absolute atomic E-state index is 0.0111. The Morgan fingerprint density at radius 2 is 1.90 bits per heavy atom. The standard InChI is InChI=1S/C14H20N2O4S/c17-11-4-9-15-14(18)7-10-16-21(19,20)12-8-13-5-2-1-3-6-13/h1-3,5-6,8,12,16-17H,4,7,9-11H2,(H,15,18)/b12-8+. The lowest BCUT2D eigenvalue weighted by Gasteiger charge is -2.04. The number of aliphatic hydroxyl groups excluding tert-OH is 1. The molecule has 1 aromatic carbocycles. The van der Waals surface area contributed by atoms with Crippen LogP contribution in [0.3, 0.4) is 0 Å². The van der Waals surface area contributed by atoms with E-state index in [0.717, 1.165) is 11.0 Å². The lowest BCUT2D eigenvalue weighted by Crippen LogP contribution is -2.30. The molecule has 0 aliphatic rings. The second-order valence-corrected chi connectivity index (χ2v) is 5.98. The molecule has 0 atom stereocenters. The second-order valence-electron chi connectivity index (χ2n) is 4.33. The molecule has 0 aliphatic carbocycles. The number of amides is 1. The van der Waals surface area contributed by atoms with Gasteiger partial charge in [-0.3, -0.25) is 4.79 Å². The van der Waals surface area contributed by atoms with Crippen LogP contribution in [-0.4, -0.2) is 39.1 Å². The second kappa shape index (κ2) is 9.28. The van der Waals surface area contributed by atoms with Crippen molar-refractivity contribution < 1.29 is 18.3 Å². The fraction of sp³-hybridized carbons (Fsp3) is 0.357. The molecule has 0 aliphatic heterocycles. The number of carbonyl (C=O) groups is 1. The molecule has 116 valence electrons. The Labute approximate surface area is 124 Å². The highest BCUT2D eigenvalue weighted by molar-refractivity contribution is 7.92. The first-order valence-electron chi connectivity index (χ1n) is 6.64. The zero-order valence-electron chi connectivity index (χ0n) is 11.7. The SMILES string of the molecule is O=C(CCNS(=O)(=O)/C=C/c1ccccc1)NCCCO. The Hall–Kier alpha value is -1.70. The van der Waals surface area contributed by atoms with Gasteiger partial charge in [-0.05, 0) is 18.1 Å². The van der Waals surface area contributed by atoms with Crippen molar-refractivity contribution in [1.82, 2.24) is 10.0 Å². The summed E-state index contributed by atoms with van der Waals surface area (Å²) in [5, 5.41) is 12.2. The van der Waals surface area contributed by atoms with E-state index < -0.39 is 10.0 Å². The number of nitrogens with one attached hydrogen (secondary N) is 2. The summed E-state index contributed by atoms with van der Waals surface area (Å²) >= 11 is 0. The van der Waals surface area contributed by atoms with Gasteiger partial charge in [0.25, 0.3) is 0 Å². The summed E-state index contributed by atoms with van der Waals surface area (Å²) in [5.74, 6) is -0.252. The van der Waals surface area contributed by atoms with Crippen LogP contribution in [0, 0.1) is 0 Å². The minimum Gasteiger partial charge on any atom is -0.396 e. The summed E-state index contributed by atoms with van der Waals surface area (Å²) in [6, 6.07) is 9.06. The van der Waals surface area contributed by atoms with E-state index in [1.165, 1.54) is 6.08 Å². The molecule has 0 saturated carbocycles. The first kappa shape index (κ1) is 17.4. The molecule has 0 saturated heterocycles. The third-order valence-electron chi connectivity index (χ3n) is 2.55. The van der Waals surface area contributed by atoms with Crippen molar-refractivity contribution in [3.8, 4) is 0 Å². The molecular weight excluding hydrogens is 292 g/mol. The number of rotatable bonds is 9. The van der Waals surface area contributed by atoms with Crippen molar-refractivity contribution in [2.75, 3.05) is 19.7 Å². The molecule has 0 fully saturated rings. The van der Waals surface area contributed by atoms with E-state index >= 15 is 0 Å². The van der Waals surface area contributed by atoms with E-state index in [1.807, 2.05) is 18.2 Å². The molecule has 0 bridgehead atoms. The van der Waals surface area contributed by atoms with Crippen molar-refractivity contribution in [2.24, 2.45) is 0 Å². The first-order valence-corrected chi connectivity index (χ1v) is 8.18. The van der Waals surface area contributed by atoms with Crippen LogP contribution in [0.4, 0.5) is 0 Å². The molecule has 0 aromatic heterocycles. The molecule has 1 amide bonds. The van der Waals surface area contributed by atoms with E-state index in [4.69, 9.17) is 5.11 Å². The Morgan fingerprint density at radius 1 is 1.19 bits per heavy atom. The highest BCUT2D eigenvalue weighted by Crippen LogP contribution is 2.02. The molecule has 7 heteroatoms. The van der Waals surface area contributed by atoms with Crippen LogP contribution in [-0.2, 0) is 14.8 Å². The van der Waals surface area contributed by atoms with Crippen molar-refractivity contribution in [3.63, 3.8) is 0 Å². The Kier molecular flexibility index (Phi) is 7.66. The van der Waals surface area contributed by atoms with Gasteiger partial charge in [0, 0.05) is 31.5 Å². The predicted molar refractivity (Wildman–Crippen MR) is 81.7 cm³/mol. The third kappa shape index (κ3) is 8.23. The molecule has 1 rings (SSSR count). The van der Waals surface area contributed by atoms with Crippen molar-refractivity contribution >= 4 is 22.0 Å². The Morgan fingerprint density at radius 3 is 2.57 bits per heavy atom. The molecule has 0 unspecified atom stereocenters. The fourth-order valence-corrected chi connectivity index (χ4v) is 2.30. The van der Waals surface area contributed by atoms with Gasteiger partial charge in [-0.25, -0.2) is 13.1 Å². The van der Waals surface area contributed by atoms with E-state index in [0.29, 0.717) is 13.0 Å². The van der Waals surface area contributed by atoms with Gasteiger partial charge in [-0.1, -0.05) is 30.3 Å². The van der Waals surface area contributed by atoms with Gasteiger partial charge in [-0.15, -0.1) is 0 Å². The van der Waals surface area contributed by atoms with Crippen LogP contribution >= 0.6 is 0 Å². The maximum absolute atomic E-state index is 11.7. The van der Waals surface area contributed by atoms with E-state index in [-0.39, 0.29) is 25.5 Å². The highest BCUT2D eigenvalue weighted by Gasteiger charge is 2.06. The van der Waals surface area contributed by atoms with Crippen LogP contribution in [0.5, 0.6) is 0 Å². The summed E-state index contributed by atoms with van der Waals surface area (Å²) in [4.78, 5) is 11.3. The van der Waals surface area contributed by atoms with Gasteiger partial charge in [0.05, 0.1) is 0 Å². The molecule has 1 aromatic rings. The average Bonchev–Trinajstić information content (AvgIpc) is 2.46. The van der Waals surface area contributed by atoms with Crippen molar-refractivity contribution in [1.29, 1.82) is 0 Å². The van der Waals surface area contributed by atoms with Gasteiger partial charge in [0.2, 0.25) is 15.9 Å². The van der Waals surface area contributed by atoms with Crippen molar-refractivity contribution in [3.05, 3.63) is 41.3 Å². The smallest absolute Gasteiger partial charge is 0.233 e. The molecular formula is C14H20N2O4S. The molecule has 0 spiro atoms. The van der Waals surface area contributed by atoms with Gasteiger partial charge in [-0.2, -0.15) is 0 Å². The van der Waals surface area contributed by atoms with Crippen LogP contribution in [0.2, 0.25) is 0 Å². The number of sulfonamides is 1. The quantitative estimate of drug-likeness (QED) is 0.577. The zero-order valence-corrected chi connectivity index (χ0v) is 12.5. The maximum Gasteiger partial charge on any atom is 0.233 e. The zero-order chi connectivity index (χ0) is 15.6. The summed E-state index contributed by atoms with van der Waals surface area (Å²) in [5.41, 5.74) is 0.782. The summed E-state index contributed by atoms with van der Waals surface area (Å²) in [6.45, 7) is 0.430. The predicted octanol–water partition coefficient (Wildman–Crippen LogP) is 0.465. The molecule has 21 heavy (non-hydrogen) atoms. The van der Waals surface area contributed by atoms with Crippen LogP contribution in [0.15, 0.2) is 35.7 Å². The number of carbonyl (C=O) groups excluding carboxylic acids is 1. The lowest BCUT2D eigenvalue weighted by molar-refractivity contribution is -0.120. The largest absolute Gasteiger partial charge is 0.396 e. The normalized spacial score (nSPS) is 11.7. The van der Waals surface area contributed by atoms with Crippen LogP contribution < -0.4 is 10.0 Å². The van der Waals surface area contributed by atoms with Gasteiger partial charge in [0.15, 0.2) is 0 Å². The number of hydrogen-bond acceptors (Lipinski definition) is 4. The van der Waals surface area contributed by atoms with Gasteiger partial charge >= 0.3 is 0 Å². The highest BCUT2D eigenvalue weighted by atomic mass is 32.2. The van der Waals surface area contributed by atoms with E-state index in [9.17, 15) is 13.2 Å². The number of benzene rings is 1. The number of aliphatic hydroxyl groups is 1. The topological polar surface area (TPSA) is 95.5 Å². The maximum atomic E-state index is 11.7. The summed E-state index contributed by atoms with van der Waals surface area (Å²) in [7, 11) is -3.55. The third-order valence-corrected chi connectivity index (χ3v) is 3.65. The van der Waals surface area contributed by atoms with Crippen LogP contribution in [0.1, 0.15) is 18.4 Å². The van der Waals surface area contributed by atoms with E-state index in [1.54, 1.807) is 12.1 Å². The van der Waals surface area contributed by atoms with Crippen LogP contribution in [0.25, 0.3) is 6.08 Å². The molecule has 0 heterocycles. The fourth-order valence-electron chi connectivity index (χ4n) is 1.48. The summed E-state index contributed by atoms with van der Waals surface area (Å²) in [6.07, 6.45) is 2.03. The first-order chi connectivity index (χ1) is 10.0. The molecule has 0 radical (unpaired) electrons. The Bertz CT molecular complexity index is 556. The number of hydrogen-bond donors (Lipinski definition) is 3. The van der Waals surface area contributed by atoms with Gasteiger partial charge in [0.1, 0.15) is 0 Å². The Balaban J connectivity index is 2.33. The monoisotopic (exact) mass is 312 g/mol. The minimum atomic E-state index is -3.55. The molecule has 3 N–H and O–H groups in total. The molecule has 6 nitrogen and oxygen atoms in total. The lowest BCUT2D eigenvalue weighted by atomic mass is 10.2. The average molecular weight is 312 g/mol.